The van der Waals surface area contributed by atoms with Gasteiger partial charge in [-0.2, -0.15) is 5.06 Å². The fourth-order valence-electron chi connectivity index (χ4n) is 2.85. The highest BCUT2D eigenvalue weighted by Crippen LogP contribution is 2.37. The van der Waals surface area contributed by atoms with Gasteiger partial charge in [-0.25, -0.2) is 0 Å². The number of carbonyl (C=O) groups excluding carboxylic acids is 1. The molecule has 0 aromatic heterocycles. The van der Waals surface area contributed by atoms with E-state index in [0.29, 0.717) is 12.8 Å². The molecule has 0 saturated carbocycles. The summed E-state index contributed by atoms with van der Waals surface area (Å²) in [5, 5.41) is 11.4. The highest BCUT2D eigenvalue weighted by atomic mass is 16.5. The topological polar surface area (TPSA) is 49.8 Å². The predicted molar refractivity (Wildman–Crippen MR) is 81.8 cm³/mol. The summed E-state index contributed by atoms with van der Waals surface area (Å²) in [5.41, 5.74) is -0.719. The Labute approximate surface area is 124 Å². The standard InChI is InChI=1S/C11H21NO3.C5H12/c1-8(13)15-9-6-10(2,3)12(14)11(4,5)7-9;1-3-5-4-2/h9,14H,6-7H2,1-5H3;3-5H2,1-2H3. The van der Waals surface area contributed by atoms with Crippen LogP contribution in [0.15, 0.2) is 0 Å². The van der Waals surface area contributed by atoms with E-state index in [1.54, 1.807) is 0 Å². The van der Waals surface area contributed by atoms with Crippen LogP contribution in [0, 0.1) is 0 Å². The molecule has 20 heavy (non-hydrogen) atoms. The minimum absolute atomic E-state index is 0.101. The van der Waals surface area contributed by atoms with Gasteiger partial charge in [0, 0.05) is 30.8 Å². The van der Waals surface area contributed by atoms with Crippen molar-refractivity contribution in [3.05, 3.63) is 0 Å². The Kier molecular flexibility index (Phi) is 7.74. The minimum Gasteiger partial charge on any atom is -0.462 e. The zero-order valence-corrected chi connectivity index (χ0v) is 14.3. The minimum atomic E-state index is -0.359. The third kappa shape index (κ3) is 6.23. The van der Waals surface area contributed by atoms with E-state index in [4.69, 9.17) is 4.74 Å². The van der Waals surface area contributed by atoms with Crippen LogP contribution < -0.4 is 0 Å². The molecule has 1 saturated heterocycles. The highest BCUT2D eigenvalue weighted by Gasteiger charge is 2.46. The number of carbonyl (C=O) groups is 1. The lowest BCUT2D eigenvalue weighted by Crippen LogP contribution is -2.60. The lowest BCUT2D eigenvalue weighted by atomic mass is 9.80. The molecule has 1 rings (SSSR count). The van der Waals surface area contributed by atoms with Gasteiger partial charge in [0.1, 0.15) is 6.10 Å². The molecule has 0 aromatic carbocycles. The molecule has 1 aliphatic heterocycles. The smallest absolute Gasteiger partial charge is 0.302 e. The van der Waals surface area contributed by atoms with E-state index < -0.39 is 0 Å². The Bertz CT molecular complexity index is 280. The van der Waals surface area contributed by atoms with Gasteiger partial charge in [0.05, 0.1) is 0 Å². The molecule has 0 atom stereocenters. The molecule has 0 bridgehead atoms. The number of rotatable bonds is 3. The van der Waals surface area contributed by atoms with Crippen LogP contribution in [-0.4, -0.2) is 33.4 Å². The van der Waals surface area contributed by atoms with Crippen molar-refractivity contribution in [2.45, 2.75) is 97.8 Å². The number of esters is 1. The van der Waals surface area contributed by atoms with Crippen LogP contribution in [0.1, 0.15) is 80.6 Å². The van der Waals surface area contributed by atoms with E-state index in [1.807, 2.05) is 27.7 Å². The van der Waals surface area contributed by atoms with Crippen molar-refractivity contribution in [2.24, 2.45) is 0 Å². The van der Waals surface area contributed by atoms with Gasteiger partial charge in [-0.1, -0.05) is 33.1 Å². The van der Waals surface area contributed by atoms with Crippen LogP contribution in [0.2, 0.25) is 0 Å². The van der Waals surface area contributed by atoms with Crippen LogP contribution >= 0.6 is 0 Å². The summed E-state index contributed by atoms with van der Waals surface area (Å²) in [6, 6.07) is 0. The van der Waals surface area contributed by atoms with Crippen molar-refractivity contribution in [3.8, 4) is 0 Å². The number of hydrogen-bond donors (Lipinski definition) is 1. The molecular weight excluding hydrogens is 254 g/mol. The van der Waals surface area contributed by atoms with E-state index in [2.05, 4.69) is 13.8 Å². The summed E-state index contributed by atoms with van der Waals surface area (Å²) in [6.45, 7) is 13.6. The van der Waals surface area contributed by atoms with Gasteiger partial charge in [0.2, 0.25) is 0 Å². The molecule has 0 aromatic rings. The average Bonchev–Trinajstić information content (AvgIpc) is 2.26. The second-order valence-corrected chi connectivity index (χ2v) is 6.93. The summed E-state index contributed by atoms with van der Waals surface area (Å²) in [5.74, 6) is -0.252. The van der Waals surface area contributed by atoms with Crippen molar-refractivity contribution in [1.82, 2.24) is 5.06 Å². The van der Waals surface area contributed by atoms with Crippen LogP contribution in [0.25, 0.3) is 0 Å². The lowest BCUT2D eigenvalue weighted by molar-refractivity contribution is -0.259. The fraction of sp³-hybridized carbons (Fsp3) is 0.938. The number of piperidine rings is 1. The molecule has 0 amide bonds. The molecule has 4 nitrogen and oxygen atoms in total. The maximum atomic E-state index is 10.9. The average molecular weight is 287 g/mol. The monoisotopic (exact) mass is 287 g/mol. The summed E-state index contributed by atoms with van der Waals surface area (Å²) in [6.07, 6.45) is 5.29. The number of ether oxygens (including phenoxy) is 1. The first-order valence-electron chi connectivity index (χ1n) is 7.73. The Balaban J connectivity index is 0.000000621. The van der Waals surface area contributed by atoms with E-state index in [0.717, 1.165) is 0 Å². The SMILES string of the molecule is CC(=O)OC1CC(C)(C)N(O)C(C)(C)C1.CCCCC. The summed E-state index contributed by atoms with van der Waals surface area (Å²) < 4.78 is 5.23. The molecule has 1 aliphatic rings. The highest BCUT2D eigenvalue weighted by molar-refractivity contribution is 5.66. The van der Waals surface area contributed by atoms with Crippen molar-refractivity contribution < 1.29 is 14.7 Å². The molecule has 1 heterocycles. The Morgan fingerprint density at radius 3 is 1.80 bits per heavy atom. The third-order valence-corrected chi connectivity index (χ3v) is 3.64. The molecule has 0 unspecified atom stereocenters. The quantitative estimate of drug-likeness (QED) is 0.792. The van der Waals surface area contributed by atoms with Crippen molar-refractivity contribution in [3.63, 3.8) is 0 Å². The normalized spacial score (nSPS) is 21.8. The second kappa shape index (κ2) is 7.99. The lowest BCUT2D eigenvalue weighted by Gasteiger charge is -2.50. The largest absolute Gasteiger partial charge is 0.462 e. The first-order valence-corrected chi connectivity index (χ1v) is 7.73. The summed E-state index contributed by atoms with van der Waals surface area (Å²) in [4.78, 5) is 10.9. The van der Waals surface area contributed by atoms with E-state index in [1.165, 1.54) is 31.2 Å². The number of hydrogen-bond acceptors (Lipinski definition) is 4. The van der Waals surface area contributed by atoms with Crippen LogP contribution in [0.4, 0.5) is 0 Å². The summed E-state index contributed by atoms with van der Waals surface area (Å²) >= 11 is 0. The van der Waals surface area contributed by atoms with Gasteiger partial charge in [-0.05, 0) is 27.7 Å². The zero-order valence-electron chi connectivity index (χ0n) is 14.3. The molecule has 0 spiro atoms. The maximum Gasteiger partial charge on any atom is 0.302 e. The molecule has 4 heteroatoms. The first kappa shape index (κ1) is 19.4. The number of nitrogens with zero attached hydrogens (tertiary/aromatic N) is 1. The van der Waals surface area contributed by atoms with Gasteiger partial charge < -0.3 is 9.94 Å². The molecule has 1 N–H and O–H groups in total. The van der Waals surface area contributed by atoms with Crippen LogP contribution in [0.3, 0.4) is 0 Å². The van der Waals surface area contributed by atoms with Gasteiger partial charge in [0.15, 0.2) is 0 Å². The van der Waals surface area contributed by atoms with Gasteiger partial charge in [-0.3, -0.25) is 4.79 Å². The second-order valence-electron chi connectivity index (χ2n) is 6.93. The van der Waals surface area contributed by atoms with Crippen molar-refractivity contribution in [1.29, 1.82) is 0 Å². The van der Waals surface area contributed by atoms with Crippen LogP contribution in [0.5, 0.6) is 0 Å². The van der Waals surface area contributed by atoms with E-state index >= 15 is 0 Å². The fourth-order valence-corrected chi connectivity index (χ4v) is 2.85. The zero-order chi connectivity index (χ0) is 16.0. The van der Waals surface area contributed by atoms with Crippen molar-refractivity contribution in [2.75, 3.05) is 0 Å². The van der Waals surface area contributed by atoms with E-state index in [9.17, 15) is 10.0 Å². The Hall–Kier alpha value is -0.610. The third-order valence-electron chi connectivity index (χ3n) is 3.64. The summed E-state index contributed by atoms with van der Waals surface area (Å²) in [7, 11) is 0. The molecule has 1 fully saturated rings. The maximum absolute atomic E-state index is 10.9. The van der Waals surface area contributed by atoms with Gasteiger partial charge in [0.25, 0.3) is 0 Å². The molecule has 0 aliphatic carbocycles. The Morgan fingerprint density at radius 1 is 1.15 bits per heavy atom. The van der Waals surface area contributed by atoms with Crippen molar-refractivity contribution >= 4 is 5.97 Å². The molecular formula is C16H33NO3. The predicted octanol–water partition coefficient (Wildman–Crippen LogP) is 4.16. The molecule has 0 radical (unpaired) electrons. The van der Waals surface area contributed by atoms with E-state index in [-0.39, 0.29) is 23.2 Å². The number of hydroxylamine groups is 2. The van der Waals surface area contributed by atoms with Gasteiger partial charge in [-0.15, -0.1) is 0 Å². The molecule has 120 valence electrons. The Morgan fingerprint density at radius 2 is 1.55 bits per heavy atom. The van der Waals surface area contributed by atoms with Crippen LogP contribution in [-0.2, 0) is 9.53 Å². The van der Waals surface area contributed by atoms with Gasteiger partial charge >= 0.3 is 5.97 Å². The number of unbranched alkanes of at least 4 members (excludes halogenated alkanes) is 2. The first-order chi connectivity index (χ1) is 9.06.